The highest BCUT2D eigenvalue weighted by atomic mass is 16.7. The summed E-state index contributed by atoms with van der Waals surface area (Å²) in [5.74, 6) is 2.70. The maximum Gasteiger partial charge on any atom is 0.410 e. The fraction of sp³-hybridized carbons (Fsp3) is 0.472. The predicted molar refractivity (Wildman–Crippen MR) is 392 cm³/mol. The molecule has 0 aliphatic carbocycles. The molecule has 588 valence electrons. The molecular formula is C72H92N20O18. The van der Waals surface area contributed by atoms with Crippen molar-refractivity contribution in [3.05, 3.63) is 123 Å². The summed E-state index contributed by atoms with van der Waals surface area (Å²) in [6, 6.07) is 14.0. The molecule has 5 unspecified atom stereocenters. The summed E-state index contributed by atoms with van der Waals surface area (Å²) < 4.78 is 38.0. The molecule has 38 nitrogen and oxygen atoms in total. The third-order valence-electron chi connectivity index (χ3n) is 19.2. The van der Waals surface area contributed by atoms with Gasteiger partial charge in [-0.3, -0.25) is 53.7 Å². The molecule has 8 heterocycles. The number of carbonyl (C=O) groups is 8. The van der Waals surface area contributed by atoms with Crippen molar-refractivity contribution < 1.29 is 87.3 Å². The maximum atomic E-state index is 14.2. The number of hydrogen-bond acceptors (Lipinski definition) is 25. The van der Waals surface area contributed by atoms with Crippen LogP contribution in [0.5, 0.6) is 17.2 Å². The van der Waals surface area contributed by atoms with Crippen LogP contribution in [0.4, 0.5) is 16.7 Å². The lowest BCUT2D eigenvalue weighted by molar-refractivity contribution is -0.271. The first-order chi connectivity index (χ1) is 52.9. The summed E-state index contributed by atoms with van der Waals surface area (Å²) in [5.41, 5.74) is 16.1. The van der Waals surface area contributed by atoms with Crippen LogP contribution in [0.25, 0.3) is 22.1 Å². The minimum Gasteiger partial charge on any atom is -0.494 e. The van der Waals surface area contributed by atoms with Crippen LogP contribution in [0.3, 0.4) is 0 Å². The molecule has 3 aliphatic heterocycles. The molecule has 8 aromatic rings. The Morgan fingerprint density at radius 2 is 1.30 bits per heavy atom. The number of aliphatic carboxylic acids is 1. The van der Waals surface area contributed by atoms with Gasteiger partial charge in [0.15, 0.2) is 11.9 Å². The minimum atomic E-state index is -1.96. The number of aryl methyl sites for hydroxylation is 4. The lowest BCUT2D eigenvalue weighted by Gasteiger charge is -2.38. The number of nitrogens with two attached hydrogens (primary N) is 3. The van der Waals surface area contributed by atoms with Crippen molar-refractivity contribution in [3.63, 3.8) is 0 Å². The monoisotopic (exact) mass is 1520 g/mol. The van der Waals surface area contributed by atoms with Gasteiger partial charge in [-0.25, -0.2) is 25.5 Å². The predicted octanol–water partition coefficient (Wildman–Crippen LogP) is 2.64. The Morgan fingerprint density at radius 3 is 1.90 bits per heavy atom. The van der Waals surface area contributed by atoms with Gasteiger partial charge < -0.3 is 89.7 Å². The number of hydrogen-bond donors (Lipinski definition) is 11. The van der Waals surface area contributed by atoms with Gasteiger partial charge in [-0.1, -0.05) is 24.6 Å². The Balaban J connectivity index is 0.721. The third-order valence-corrected chi connectivity index (χ3v) is 19.2. The molecule has 5 atom stereocenters. The van der Waals surface area contributed by atoms with Crippen molar-refractivity contribution in [2.24, 2.45) is 17.4 Å². The van der Waals surface area contributed by atoms with Crippen LogP contribution in [-0.2, 0) is 81.1 Å². The van der Waals surface area contributed by atoms with Crippen molar-refractivity contribution >= 4 is 81.5 Å². The topological polar surface area (TPSA) is 508 Å². The molecule has 14 N–H and O–H groups in total. The number of nitrogens with zero attached hydrogens (tertiary/aromatic N) is 13. The number of carbonyl (C=O) groups excluding carboxylic acids is 7. The van der Waals surface area contributed by atoms with E-state index in [0.29, 0.717) is 115 Å². The lowest BCUT2D eigenvalue weighted by Crippen LogP contribution is -2.61. The number of piperidine rings is 1. The number of aliphatic hydroxyl groups excluding tert-OH is 3. The Morgan fingerprint density at radius 1 is 0.682 bits per heavy atom. The van der Waals surface area contributed by atoms with Crippen molar-refractivity contribution in [3.8, 4) is 17.2 Å². The van der Waals surface area contributed by atoms with Gasteiger partial charge in [-0.05, 0) is 127 Å². The van der Waals surface area contributed by atoms with E-state index in [9.17, 15) is 58.8 Å². The first kappa shape index (κ1) is 79.6. The van der Waals surface area contributed by atoms with E-state index < -0.39 is 72.3 Å². The number of ether oxygens (including phenoxy) is 5. The number of carboxylic acids is 1. The average Bonchev–Trinajstić information content (AvgIpc) is 1.62. The van der Waals surface area contributed by atoms with Gasteiger partial charge in [0, 0.05) is 94.4 Å². The summed E-state index contributed by atoms with van der Waals surface area (Å²) in [6.07, 6.45) is -2.12. The zero-order valence-corrected chi connectivity index (χ0v) is 61.6. The van der Waals surface area contributed by atoms with Gasteiger partial charge in [0.25, 0.3) is 11.8 Å². The van der Waals surface area contributed by atoms with E-state index in [2.05, 4.69) is 51.4 Å². The molecule has 0 saturated carbocycles. The number of nitrogens with one attached hydrogen (secondary N) is 4. The van der Waals surface area contributed by atoms with Crippen LogP contribution >= 0.6 is 0 Å². The van der Waals surface area contributed by atoms with E-state index in [1.807, 2.05) is 30.6 Å². The number of carboxylic acid groups (broad SMARTS) is 1. The lowest BCUT2D eigenvalue weighted by atomic mass is 9.95. The number of fused-ring (bicyclic) bond motifs is 3. The number of rotatable bonds is 35. The quantitative estimate of drug-likeness (QED) is 0.0154. The first-order valence-corrected chi connectivity index (χ1v) is 36.3. The van der Waals surface area contributed by atoms with Crippen molar-refractivity contribution in [1.29, 1.82) is 0 Å². The highest BCUT2D eigenvalue weighted by Crippen LogP contribution is 2.36. The molecule has 110 heavy (non-hydrogen) atoms. The van der Waals surface area contributed by atoms with Gasteiger partial charge in [0.2, 0.25) is 41.8 Å². The maximum absolute atomic E-state index is 14.2. The molecule has 11 rings (SSSR count). The second kappa shape index (κ2) is 36.2. The fourth-order valence-corrected chi connectivity index (χ4v) is 13.5. The molecule has 38 heteroatoms. The molecule has 2 saturated heterocycles. The largest absolute Gasteiger partial charge is 0.494 e. The minimum absolute atomic E-state index is 0.00185. The van der Waals surface area contributed by atoms with E-state index >= 15 is 0 Å². The molecule has 2 fully saturated rings. The molecule has 3 aromatic carbocycles. The summed E-state index contributed by atoms with van der Waals surface area (Å²) in [5, 5.41) is 70.5. The van der Waals surface area contributed by atoms with Crippen molar-refractivity contribution in [1.82, 2.24) is 73.9 Å². The Labute approximate surface area is 630 Å². The number of benzene rings is 3. The van der Waals surface area contributed by atoms with Gasteiger partial charge in [0.1, 0.15) is 70.4 Å². The smallest absolute Gasteiger partial charge is 0.410 e. The summed E-state index contributed by atoms with van der Waals surface area (Å²) in [7, 11) is 1.44. The number of aliphatic hydroxyl groups is 3. The molecule has 0 spiro atoms. The van der Waals surface area contributed by atoms with Gasteiger partial charge in [0.05, 0.1) is 49.3 Å². The highest BCUT2D eigenvalue weighted by molar-refractivity contribution is 6.05. The standard InChI is InChI=1S/C72H92N20O18/c1-6-91-49(30-40(3)84-91)66(100)80-70-78-47-33-44(63(73)98)35-52(105-5)57(47)89(70)22-10-11-23-90-58-48(79-71(90)81-67(101)50-31-41(4)85-92(50)7-2)34-45(64(74)99)36-53(58)106-28-13-21-86-24-18-43(19-25-86)65-83-82-54-38-87(26-27-88(54)65)72(104)107-39-42-15-16-51(109-69-61(97)59(95)60(96)62(110-69)68(102)103)46(32-42)37-77-56(94)17-20-76-55(93)14-9-8-12-29-108-75/h10-11,15-16,30-36,43,59-62,69,95-97H,6-9,12-14,17-29,37-39,75H2,1-5H3,(H2,73,98)(H2,74,99)(H,76,93)(H,77,94)(H,102,103)(H,78,80,100)(H,79,81,101)/b11-10+. The van der Waals surface area contributed by atoms with Crippen LogP contribution in [0.2, 0.25) is 0 Å². The van der Waals surface area contributed by atoms with Crippen molar-refractivity contribution in [2.75, 3.05) is 63.7 Å². The molecule has 0 bridgehead atoms. The molecule has 0 radical (unpaired) electrons. The number of likely N-dealkylation sites (tertiary alicyclic amines) is 1. The van der Waals surface area contributed by atoms with E-state index in [1.54, 1.807) is 62.7 Å². The average molecular weight is 1530 g/mol. The molecular weight excluding hydrogens is 1430 g/mol. The Hall–Kier alpha value is -11.4. The number of aromatic nitrogens is 11. The van der Waals surface area contributed by atoms with Crippen LogP contribution < -0.4 is 52.8 Å². The normalized spacial score (nSPS) is 17.5. The summed E-state index contributed by atoms with van der Waals surface area (Å²) >= 11 is 0. The second-order valence-electron chi connectivity index (χ2n) is 26.8. The van der Waals surface area contributed by atoms with Gasteiger partial charge in [-0.2, -0.15) is 10.2 Å². The number of anilines is 2. The van der Waals surface area contributed by atoms with E-state index in [-0.39, 0.29) is 116 Å². The first-order valence-electron chi connectivity index (χ1n) is 36.3. The summed E-state index contributed by atoms with van der Waals surface area (Å²) in [4.78, 5) is 122. The third kappa shape index (κ3) is 18.8. The van der Waals surface area contributed by atoms with Crippen molar-refractivity contribution in [2.45, 2.75) is 168 Å². The highest BCUT2D eigenvalue weighted by Gasteiger charge is 2.48. The van der Waals surface area contributed by atoms with Crippen LogP contribution in [0, 0.1) is 13.8 Å². The Kier molecular flexibility index (Phi) is 26.2. The zero-order chi connectivity index (χ0) is 78.4. The number of amides is 7. The van der Waals surface area contributed by atoms with Crippen LogP contribution in [0.1, 0.15) is 147 Å². The number of unbranched alkanes of at least 4 members (excludes halogenated alkanes) is 2. The van der Waals surface area contributed by atoms with E-state index in [4.69, 9.17) is 51.0 Å². The SMILES string of the molecule is CCn1nc(C)cc1C(=O)Nc1nc2cc(C(N)=O)cc(OC)c2n1C/C=C/Cn1c(NC(=O)c2cc(C)nn2CC)nc2cc(C(N)=O)cc(OCCCN3CCC(c4nnc5n4CCN(C(=O)OCc4ccc(OC6OC(C(=O)O)C(O)C(O)C6O)c(CNC(=O)CCNC(=O)CCCCCON)c4)C5)CC3)c21. The van der Waals surface area contributed by atoms with Gasteiger partial charge in [-0.15, -0.1) is 10.2 Å². The molecule has 3 aliphatic rings. The fourth-order valence-electron chi connectivity index (χ4n) is 13.5. The number of allylic oxidation sites excluding steroid dienone is 2. The van der Waals surface area contributed by atoms with Crippen LogP contribution in [0.15, 0.2) is 66.7 Å². The zero-order valence-electron chi connectivity index (χ0n) is 61.6. The number of methoxy groups -OCH3 is 1. The summed E-state index contributed by atoms with van der Waals surface area (Å²) in [6.45, 7) is 11.5. The Bertz CT molecular complexity index is 4730. The molecule has 7 amide bonds. The van der Waals surface area contributed by atoms with Gasteiger partial charge >= 0.3 is 12.1 Å². The molecule has 5 aromatic heterocycles. The second-order valence-corrected chi connectivity index (χ2v) is 26.8. The number of imidazole rings is 2. The number of primary amides is 2. The van der Waals surface area contributed by atoms with E-state index in [0.717, 1.165) is 38.2 Å². The van der Waals surface area contributed by atoms with Crippen LogP contribution in [-0.4, -0.2) is 215 Å². The van der Waals surface area contributed by atoms with E-state index in [1.165, 1.54) is 36.3 Å².